The minimum Gasteiger partial charge on any atom is -0.344 e. The Kier molecular flexibility index (Phi) is 4.34. The van der Waals surface area contributed by atoms with Crippen LogP contribution in [0.5, 0.6) is 0 Å². The van der Waals surface area contributed by atoms with Gasteiger partial charge in [0.2, 0.25) is 0 Å². The molecule has 2 aromatic rings. The molecule has 88 valence electrons. The lowest BCUT2D eigenvalue weighted by Gasteiger charge is -2.15. The van der Waals surface area contributed by atoms with E-state index in [2.05, 4.69) is 21.2 Å². The third-order valence-electron chi connectivity index (χ3n) is 2.41. The average molecular weight is 310 g/mol. The summed E-state index contributed by atoms with van der Waals surface area (Å²) in [6.07, 6.45) is 0. The van der Waals surface area contributed by atoms with Gasteiger partial charge in [-0.1, -0.05) is 52.3 Å². The predicted molar refractivity (Wildman–Crippen MR) is 74.8 cm³/mol. The smallest absolute Gasteiger partial charge is 0.261 e. The van der Waals surface area contributed by atoms with Gasteiger partial charge in [-0.25, -0.2) is 0 Å². The number of nitrogens with one attached hydrogen (secondary N) is 1. The standard InChI is InChI=1S/C13H12BrNOS/c14-9-11(10-5-2-1-3-6-10)15-13(16)12-7-4-8-17-12/h1-8,11H,9H2,(H,15,16). The maximum absolute atomic E-state index is 11.9. The van der Waals surface area contributed by atoms with Crippen molar-refractivity contribution in [3.8, 4) is 0 Å². The SMILES string of the molecule is O=C(NC(CBr)c1ccccc1)c1cccs1. The maximum atomic E-state index is 11.9. The Morgan fingerprint density at radius 2 is 2.00 bits per heavy atom. The van der Waals surface area contributed by atoms with E-state index in [0.29, 0.717) is 5.33 Å². The zero-order valence-electron chi connectivity index (χ0n) is 9.10. The Balaban J connectivity index is 2.09. The molecule has 1 atom stereocenters. The van der Waals surface area contributed by atoms with Crippen LogP contribution in [0, 0.1) is 0 Å². The van der Waals surface area contributed by atoms with Crippen molar-refractivity contribution >= 4 is 33.2 Å². The number of hydrogen-bond donors (Lipinski definition) is 1. The number of halogens is 1. The zero-order chi connectivity index (χ0) is 12.1. The summed E-state index contributed by atoms with van der Waals surface area (Å²) in [5.41, 5.74) is 1.11. The van der Waals surface area contributed by atoms with Gasteiger partial charge in [0.05, 0.1) is 10.9 Å². The molecular formula is C13H12BrNOS. The second-order valence-corrected chi connectivity index (χ2v) is 5.16. The summed E-state index contributed by atoms with van der Waals surface area (Å²) >= 11 is 4.88. The predicted octanol–water partition coefficient (Wildman–Crippen LogP) is 3.61. The molecule has 17 heavy (non-hydrogen) atoms. The Morgan fingerprint density at radius 1 is 1.24 bits per heavy atom. The van der Waals surface area contributed by atoms with Crippen molar-refractivity contribution in [3.63, 3.8) is 0 Å². The van der Waals surface area contributed by atoms with E-state index in [1.807, 2.05) is 47.8 Å². The maximum Gasteiger partial charge on any atom is 0.261 e. The first-order chi connectivity index (χ1) is 8.31. The van der Waals surface area contributed by atoms with Crippen LogP contribution >= 0.6 is 27.3 Å². The molecule has 1 unspecified atom stereocenters. The second kappa shape index (κ2) is 5.98. The monoisotopic (exact) mass is 309 g/mol. The number of carbonyl (C=O) groups excluding carboxylic acids is 1. The molecule has 1 heterocycles. The number of rotatable bonds is 4. The molecule has 0 radical (unpaired) electrons. The molecule has 1 aromatic heterocycles. The van der Waals surface area contributed by atoms with E-state index < -0.39 is 0 Å². The molecule has 0 saturated heterocycles. The van der Waals surface area contributed by atoms with Crippen molar-refractivity contribution in [1.82, 2.24) is 5.32 Å². The number of benzene rings is 1. The lowest BCUT2D eigenvalue weighted by atomic mass is 10.1. The number of amides is 1. The van der Waals surface area contributed by atoms with Gasteiger partial charge in [-0.05, 0) is 17.0 Å². The van der Waals surface area contributed by atoms with Crippen molar-refractivity contribution in [1.29, 1.82) is 0 Å². The van der Waals surface area contributed by atoms with Crippen LogP contribution in [0.15, 0.2) is 47.8 Å². The minimum atomic E-state index is -0.0201. The fraction of sp³-hybridized carbons (Fsp3) is 0.154. The van der Waals surface area contributed by atoms with Gasteiger partial charge in [0.25, 0.3) is 5.91 Å². The van der Waals surface area contributed by atoms with Crippen molar-refractivity contribution in [2.45, 2.75) is 6.04 Å². The fourth-order valence-corrected chi connectivity index (χ4v) is 2.70. The molecule has 4 heteroatoms. The van der Waals surface area contributed by atoms with Crippen LogP contribution in [0.1, 0.15) is 21.3 Å². The van der Waals surface area contributed by atoms with Gasteiger partial charge in [-0.15, -0.1) is 11.3 Å². The third-order valence-corrected chi connectivity index (χ3v) is 3.92. The third kappa shape index (κ3) is 3.17. The van der Waals surface area contributed by atoms with Crippen molar-refractivity contribution in [2.24, 2.45) is 0 Å². The van der Waals surface area contributed by atoms with E-state index in [1.54, 1.807) is 0 Å². The summed E-state index contributed by atoms with van der Waals surface area (Å²) in [4.78, 5) is 12.7. The number of carbonyl (C=O) groups is 1. The molecule has 0 spiro atoms. The number of thiophene rings is 1. The first kappa shape index (κ1) is 12.3. The summed E-state index contributed by atoms with van der Waals surface area (Å²) in [6, 6.07) is 13.7. The summed E-state index contributed by atoms with van der Waals surface area (Å²) in [7, 11) is 0. The van der Waals surface area contributed by atoms with E-state index in [1.165, 1.54) is 11.3 Å². The lowest BCUT2D eigenvalue weighted by molar-refractivity contribution is 0.0945. The van der Waals surface area contributed by atoms with Crippen LogP contribution in [-0.4, -0.2) is 11.2 Å². The molecule has 0 aliphatic rings. The number of alkyl halides is 1. The van der Waals surface area contributed by atoms with Crippen molar-refractivity contribution < 1.29 is 4.79 Å². The van der Waals surface area contributed by atoms with Gasteiger partial charge >= 0.3 is 0 Å². The van der Waals surface area contributed by atoms with Gasteiger partial charge in [0.15, 0.2) is 0 Å². The minimum absolute atomic E-state index is 0.00537. The quantitative estimate of drug-likeness (QED) is 0.859. The Hall–Kier alpha value is -1.13. The van der Waals surface area contributed by atoms with E-state index in [4.69, 9.17) is 0 Å². The fourth-order valence-electron chi connectivity index (χ4n) is 1.53. The average Bonchev–Trinajstić information content (AvgIpc) is 2.90. The lowest BCUT2D eigenvalue weighted by Crippen LogP contribution is -2.28. The summed E-state index contributed by atoms with van der Waals surface area (Å²) in [5, 5.41) is 5.62. The van der Waals surface area contributed by atoms with Crippen LogP contribution in [0.25, 0.3) is 0 Å². The van der Waals surface area contributed by atoms with Crippen LogP contribution in [-0.2, 0) is 0 Å². The van der Waals surface area contributed by atoms with E-state index in [0.717, 1.165) is 10.4 Å². The molecule has 1 aromatic carbocycles. The van der Waals surface area contributed by atoms with Crippen LogP contribution in [0.4, 0.5) is 0 Å². The molecule has 0 saturated carbocycles. The van der Waals surface area contributed by atoms with E-state index in [9.17, 15) is 4.79 Å². The molecule has 1 N–H and O–H groups in total. The van der Waals surface area contributed by atoms with Gasteiger partial charge < -0.3 is 5.32 Å². The number of hydrogen-bond acceptors (Lipinski definition) is 2. The van der Waals surface area contributed by atoms with E-state index in [-0.39, 0.29) is 11.9 Å². The highest BCUT2D eigenvalue weighted by atomic mass is 79.9. The molecule has 0 aliphatic carbocycles. The highest BCUT2D eigenvalue weighted by molar-refractivity contribution is 9.09. The zero-order valence-corrected chi connectivity index (χ0v) is 11.5. The Morgan fingerprint density at radius 3 is 2.59 bits per heavy atom. The molecule has 1 amide bonds. The summed E-state index contributed by atoms with van der Waals surface area (Å²) in [6.45, 7) is 0. The van der Waals surface area contributed by atoms with Crippen LogP contribution < -0.4 is 5.32 Å². The highest BCUT2D eigenvalue weighted by Crippen LogP contribution is 2.17. The van der Waals surface area contributed by atoms with Crippen molar-refractivity contribution in [2.75, 3.05) is 5.33 Å². The molecule has 0 aliphatic heterocycles. The van der Waals surface area contributed by atoms with Gasteiger partial charge in [0.1, 0.15) is 0 Å². The topological polar surface area (TPSA) is 29.1 Å². The highest BCUT2D eigenvalue weighted by Gasteiger charge is 2.14. The Labute approximate surface area is 113 Å². The van der Waals surface area contributed by atoms with Gasteiger partial charge in [-0.3, -0.25) is 4.79 Å². The molecule has 0 fully saturated rings. The van der Waals surface area contributed by atoms with Gasteiger partial charge in [0, 0.05) is 5.33 Å². The summed E-state index contributed by atoms with van der Waals surface area (Å²) < 4.78 is 0. The second-order valence-electron chi connectivity index (χ2n) is 3.57. The van der Waals surface area contributed by atoms with Crippen LogP contribution in [0.3, 0.4) is 0 Å². The summed E-state index contributed by atoms with van der Waals surface area (Å²) in [5.74, 6) is -0.0201. The first-order valence-corrected chi connectivity index (χ1v) is 7.26. The van der Waals surface area contributed by atoms with Crippen LogP contribution in [0.2, 0.25) is 0 Å². The van der Waals surface area contributed by atoms with Crippen molar-refractivity contribution in [3.05, 3.63) is 58.3 Å². The normalized spacial score (nSPS) is 12.1. The molecule has 2 rings (SSSR count). The molecule has 0 bridgehead atoms. The molecule has 2 nitrogen and oxygen atoms in total. The first-order valence-electron chi connectivity index (χ1n) is 5.26. The molecular weight excluding hydrogens is 298 g/mol. The van der Waals surface area contributed by atoms with E-state index >= 15 is 0 Å². The largest absolute Gasteiger partial charge is 0.344 e. The Bertz CT molecular complexity index is 469. The van der Waals surface area contributed by atoms with Gasteiger partial charge in [-0.2, -0.15) is 0 Å².